The first kappa shape index (κ1) is 16.3. The number of ether oxygens (including phenoxy) is 1. The monoisotopic (exact) mass is 358 g/mol. The molecule has 8 heteroatoms. The Morgan fingerprint density at radius 1 is 1.36 bits per heavy atom. The summed E-state index contributed by atoms with van der Waals surface area (Å²) >= 11 is 6.10. The van der Waals surface area contributed by atoms with Crippen molar-refractivity contribution in [2.75, 3.05) is 25.6 Å². The second kappa shape index (κ2) is 6.95. The molecule has 3 aromatic heterocycles. The van der Waals surface area contributed by atoms with Gasteiger partial charge in [-0.1, -0.05) is 11.6 Å². The minimum absolute atomic E-state index is 0.307. The van der Waals surface area contributed by atoms with E-state index in [1.54, 1.807) is 25.7 Å². The van der Waals surface area contributed by atoms with E-state index in [1.807, 2.05) is 22.7 Å². The van der Waals surface area contributed by atoms with Crippen molar-refractivity contribution in [2.24, 2.45) is 0 Å². The molecule has 130 valence electrons. The summed E-state index contributed by atoms with van der Waals surface area (Å²) in [6, 6.07) is 4.38. The largest absolute Gasteiger partial charge is 0.383 e. The van der Waals surface area contributed by atoms with Gasteiger partial charge in [0.05, 0.1) is 35.9 Å². The Morgan fingerprint density at radius 2 is 2.28 bits per heavy atom. The SMILES string of the molecule is COC[C@@H]1C[C@@H](Nc2cncc(-c3cnc4ccc(Cl)cn34)n2)CN1. The number of methoxy groups -OCH3 is 1. The molecule has 25 heavy (non-hydrogen) atoms. The Hall–Kier alpha value is -2.22. The van der Waals surface area contributed by atoms with E-state index in [1.165, 1.54) is 0 Å². The molecule has 2 atom stereocenters. The summed E-state index contributed by atoms with van der Waals surface area (Å²) in [6.45, 7) is 1.59. The van der Waals surface area contributed by atoms with Gasteiger partial charge in [-0.3, -0.25) is 9.38 Å². The number of nitrogens with zero attached hydrogens (tertiary/aromatic N) is 4. The van der Waals surface area contributed by atoms with E-state index >= 15 is 0 Å². The van der Waals surface area contributed by atoms with Crippen LogP contribution in [0.5, 0.6) is 0 Å². The third kappa shape index (κ3) is 3.44. The van der Waals surface area contributed by atoms with Gasteiger partial charge in [0.25, 0.3) is 0 Å². The van der Waals surface area contributed by atoms with Gasteiger partial charge in [0, 0.05) is 31.9 Å². The summed E-state index contributed by atoms with van der Waals surface area (Å²) in [7, 11) is 1.72. The number of nitrogens with one attached hydrogen (secondary N) is 2. The number of fused-ring (bicyclic) bond motifs is 1. The number of halogens is 1. The van der Waals surface area contributed by atoms with Crippen molar-refractivity contribution in [1.82, 2.24) is 24.7 Å². The standard InChI is InChI=1S/C17H19ClN6O/c1-25-10-13-4-12(5-20-13)22-16-8-19-6-14(23-16)15-7-21-17-3-2-11(18)9-24(15)17/h2-3,6-9,12-13,20H,4-5,10H2,1H3,(H,22,23)/t12-,13+/m1/s1. The number of hydrogen-bond acceptors (Lipinski definition) is 6. The Morgan fingerprint density at radius 3 is 3.16 bits per heavy atom. The zero-order valence-corrected chi connectivity index (χ0v) is 14.6. The average Bonchev–Trinajstić information content (AvgIpc) is 3.22. The van der Waals surface area contributed by atoms with Gasteiger partial charge < -0.3 is 15.4 Å². The molecule has 0 saturated carbocycles. The zero-order chi connectivity index (χ0) is 17.2. The molecule has 0 aromatic carbocycles. The molecule has 4 rings (SSSR count). The maximum absolute atomic E-state index is 6.10. The van der Waals surface area contributed by atoms with Crippen LogP contribution in [-0.2, 0) is 4.74 Å². The maximum atomic E-state index is 6.10. The van der Waals surface area contributed by atoms with Crippen LogP contribution >= 0.6 is 11.6 Å². The fourth-order valence-corrected chi connectivity index (χ4v) is 3.33. The third-order valence-electron chi connectivity index (χ3n) is 4.31. The molecular formula is C17H19ClN6O. The smallest absolute Gasteiger partial charge is 0.145 e. The first-order chi connectivity index (χ1) is 12.2. The van der Waals surface area contributed by atoms with Gasteiger partial charge in [0.15, 0.2) is 0 Å². The van der Waals surface area contributed by atoms with Crippen LogP contribution in [-0.4, -0.2) is 51.7 Å². The van der Waals surface area contributed by atoms with E-state index in [0.717, 1.165) is 35.8 Å². The van der Waals surface area contributed by atoms with Crippen molar-refractivity contribution < 1.29 is 4.74 Å². The highest BCUT2D eigenvalue weighted by atomic mass is 35.5. The second-order valence-electron chi connectivity index (χ2n) is 6.15. The summed E-state index contributed by atoms with van der Waals surface area (Å²) in [4.78, 5) is 13.4. The van der Waals surface area contributed by atoms with Crippen molar-refractivity contribution in [3.8, 4) is 11.4 Å². The lowest BCUT2D eigenvalue weighted by atomic mass is 10.2. The fourth-order valence-electron chi connectivity index (χ4n) is 3.17. The Labute approximate surface area is 150 Å². The van der Waals surface area contributed by atoms with Gasteiger partial charge in [0.2, 0.25) is 0 Å². The minimum atomic E-state index is 0.307. The fraction of sp³-hybridized carbons (Fsp3) is 0.353. The predicted octanol–water partition coefficient (Wildman–Crippen LogP) is 2.23. The number of pyridine rings is 1. The van der Waals surface area contributed by atoms with E-state index in [0.29, 0.717) is 23.7 Å². The quantitative estimate of drug-likeness (QED) is 0.728. The van der Waals surface area contributed by atoms with Crippen LogP contribution in [0.1, 0.15) is 6.42 Å². The molecule has 0 aliphatic carbocycles. The predicted molar refractivity (Wildman–Crippen MR) is 96.9 cm³/mol. The molecule has 7 nitrogen and oxygen atoms in total. The molecule has 4 heterocycles. The number of hydrogen-bond donors (Lipinski definition) is 2. The Bertz CT molecular complexity index is 882. The summed E-state index contributed by atoms with van der Waals surface area (Å²) in [6.07, 6.45) is 8.08. The van der Waals surface area contributed by atoms with Crippen molar-refractivity contribution in [3.63, 3.8) is 0 Å². The van der Waals surface area contributed by atoms with E-state index in [2.05, 4.69) is 20.6 Å². The van der Waals surface area contributed by atoms with Gasteiger partial charge in [0.1, 0.15) is 17.2 Å². The molecule has 1 saturated heterocycles. The summed E-state index contributed by atoms with van der Waals surface area (Å²) in [5, 5.41) is 7.53. The van der Waals surface area contributed by atoms with Crippen LogP contribution in [0.3, 0.4) is 0 Å². The second-order valence-corrected chi connectivity index (χ2v) is 6.58. The van der Waals surface area contributed by atoms with E-state index in [-0.39, 0.29) is 0 Å². The summed E-state index contributed by atoms with van der Waals surface area (Å²) < 4.78 is 7.12. The first-order valence-electron chi connectivity index (χ1n) is 8.17. The first-order valence-corrected chi connectivity index (χ1v) is 8.54. The van der Waals surface area contributed by atoms with Gasteiger partial charge in [-0.2, -0.15) is 0 Å². The number of rotatable bonds is 5. The zero-order valence-electron chi connectivity index (χ0n) is 13.8. The number of anilines is 1. The average molecular weight is 359 g/mol. The normalized spacial score (nSPS) is 20.2. The lowest BCUT2D eigenvalue weighted by Gasteiger charge is -2.13. The van der Waals surface area contributed by atoms with Gasteiger partial charge in [-0.05, 0) is 18.6 Å². The van der Waals surface area contributed by atoms with Crippen molar-refractivity contribution in [3.05, 3.63) is 41.9 Å². The highest BCUT2D eigenvalue weighted by molar-refractivity contribution is 6.30. The molecule has 0 radical (unpaired) electrons. The van der Waals surface area contributed by atoms with Crippen LogP contribution in [0.2, 0.25) is 5.02 Å². The van der Waals surface area contributed by atoms with Crippen LogP contribution in [0, 0.1) is 0 Å². The Balaban J connectivity index is 1.56. The topological polar surface area (TPSA) is 76.4 Å². The molecule has 2 N–H and O–H groups in total. The minimum Gasteiger partial charge on any atom is -0.383 e. The van der Waals surface area contributed by atoms with Crippen molar-refractivity contribution in [1.29, 1.82) is 0 Å². The van der Waals surface area contributed by atoms with Crippen LogP contribution in [0.4, 0.5) is 5.82 Å². The molecule has 0 bridgehead atoms. The van der Waals surface area contributed by atoms with Gasteiger partial charge >= 0.3 is 0 Å². The molecule has 1 fully saturated rings. The van der Waals surface area contributed by atoms with Gasteiger partial charge in [-0.15, -0.1) is 0 Å². The maximum Gasteiger partial charge on any atom is 0.145 e. The molecule has 1 aliphatic rings. The number of imidazole rings is 1. The van der Waals surface area contributed by atoms with Crippen molar-refractivity contribution >= 4 is 23.1 Å². The number of aromatic nitrogens is 4. The molecule has 1 aliphatic heterocycles. The van der Waals surface area contributed by atoms with E-state index < -0.39 is 0 Å². The highest BCUT2D eigenvalue weighted by Gasteiger charge is 2.24. The van der Waals surface area contributed by atoms with Crippen LogP contribution in [0.15, 0.2) is 36.9 Å². The van der Waals surface area contributed by atoms with E-state index in [9.17, 15) is 0 Å². The lowest BCUT2D eigenvalue weighted by Crippen LogP contribution is -2.26. The molecule has 3 aromatic rings. The summed E-state index contributed by atoms with van der Waals surface area (Å²) in [5.41, 5.74) is 2.43. The van der Waals surface area contributed by atoms with Gasteiger partial charge in [-0.25, -0.2) is 9.97 Å². The molecule has 0 spiro atoms. The molecular weight excluding hydrogens is 340 g/mol. The Kier molecular flexibility index (Phi) is 4.52. The van der Waals surface area contributed by atoms with Crippen LogP contribution in [0.25, 0.3) is 17.0 Å². The summed E-state index contributed by atoms with van der Waals surface area (Å²) in [5.74, 6) is 0.749. The third-order valence-corrected chi connectivity index (χ3v) is 4.53. The van der Waals surface area contributed by atoms with Crippen molar-refractivity contribution in [2.45, 2.75) is 18.5 Å². The molecule has 0 amide bonds. The highest BCUT2D eigenvalue weighted by Crippen LogP contribution is 2.22. The van der Waals surface area contributed by atoms with Crippen LogP contribution < -0.4 is 10.6 Å². The van der Waals surface area contributed by atoms with E-state index in [4.69, 9.17) is 21.3 Å². The lowest BCUT2D eigenvalue weighted by molar-refractivity contribution is 0.173. The molecule has 0 unspecified atom stereocenters.